The Bertz CT molecular complexity index is 831. The van der Waals surface area contributed by atoms with Crippen LogP contribution < -0.4 is 4.74 Å². The van der Waals surface area contributed by atoms with Gasteiger partial charge >= 0.3 is 5.97 Å². The molecule has 0 saturated carbocycles. The number of benzene rings is 2. The van der Waals surface area contributed by atoms with Gasteiger partial charge in [-0.1, -0.05) is 23.7 Å². The number of carboxylic acids is 1. The molecule has 0 aliphatic rings. The van der Waals surface area contributed by atoms with E-state index < -0.39 is 5.97 Å². The van der Waals surface area contributed by atoms with Crippen LogP contribution in [-0.2, 0) is 0 Å². The van der Waals surface area contributed by atoms with Gasteiger partial charge in [0.05, 0.1) is 22.3 Å². The van der Waals surface area contributed by atoms with Gasteiger partial charge in [-0.05, 0) is 30.3 Å². The molecule has 1 aromatic heterocycles. The predicted molar refractivity (Wildman–Crippen MR) is 78.0 cm³/mol. The summed E-state index contributed by atoms with van der Waals surface area (Å²) in [6, 6.07) is 11.7. The highest BCUT2D eigenvalue weighted by atomic mass is 35.5. The summed E-state index contributed by atoms with van der Waals surface area (Å²) in [7, 11) is 0. The van der Waals surface area contributed by atoms with E-state index in [-0.39, 0.29) is 10.6 Å². The number of aromatic carboxylic acids is 1. The second kappa shape index (κ2) is 5.38. The number of aromatic nitrogens is 2. The van der Waals surface area contributed by atoms with Crippen molar-refractivity contribution in [3.05, 3.63) is 59.2 Å². The summed E-state index contributed by atoms with van der Waals surface area (Å²) in [5.41, 5.74) is 0.804. The third-order valence-electron chi connectivity index (χ3n) is 2.91. The second-order valence-electron chi connectivity index (χ2n) is 4.28. The molecular formula is C15H9ClN2O3. The average molecular weight is 301 g/mol. The van der Waals surface area contributed by atoms with E-state index in [1.54, 1.807) is 0 Å². The lowest BCUT2D eigenvalue weighted by atomic mass is 10.2. The first-order valence-electron chi connectivity index (χ1n) is 6.06. The largest absolute Gasteiger partial charge is 0.478 e. The van der Waals surface area contributed by atoms with Crippen LogP contribution in [-0.4, -0.2) is 21.3 Å². The van der Waals surface area contributed by atoms with Gasteiger partial charge in [-0.3, -0.25) is 0 Å². The Kier molecular flexibility index (Phi) is 3.41. The monoisotopic (exact) mass is 300 g/mol. The van der Waals surface area contributed by atoms with Gasteiger partial charge in [0, 0.05) is 5.39 Å². The first-order valence-corrected chi connectivity index (χ1v) is 6.44. The third kappa shape index (κ3) is 2.64. The Hall–Kier alpha value is -2.66. The summed E-state index contributed by atoms with van der Waals surface area (Å²) in [6.45, 7) is 0. The number of ether oxygens (including phenoxy) is 1. The zero-order valence-corrected chi connectivity index (χ0v) is 11.4. The summed E-state index contributed by atoms with van der Waals surface area (Å²) in [4.78, 5) is 10.9. The maximum atomic E-state index is 10.9. The van der Waals surface area contributed by atoms with Crippen LogP contribution >= 0.6 is 11.6 Å². The molecule has 0 fully saturated rings. The minimum Gasteiger partial charge on any atom is -0.478 e. The Morgan fingerprint density at radius 2 is 1.95 bits per heavy atom. The van der Waals surface area contributed by atoms with Crippen molar-refractivity contribution in [2.75, 3.05) is 0 Å². The predicted octanol–water partition coefficient (Wildman–Crippen LogP) is 3.77. The molecule has 21 heavy (non-hydrogen) atoms. The van der Waals surface area contributed by atoms with E-state index in [0.717, 1.165) is 5.39 Å². The molecule has 0 spiro atoms. The third-order valence-corrected chi connectivity index (χ3v) is 3.20. The molecule has 0 saturated heterocycles. The summed E-state index contributed by atoms with van der Waals surface area (Å²) in [5, 5.41) is 17.8. The molecule has 0 bridgehead atoms. The topological polar surface area (TPSA) is 72.3 Å². The minimum absolute atomic E-state index is 0.102. The number of nitrogens with zero attached hydrogens (tertiary/aromatic N) is 2. The van der Waals surface area contributed by atoms with Gasteiger partial charge in [0.15, 0.2) is 5.75 Å². The van der Waals surface area contributed by atoms with Gasteiger partial charge in [0.1, 0.15) is 5.75 Å². The van der Waals surface area contributed by atoms with E-state index in [2.05, 4.69) is 10.2 Å². The van der Waals surface area contributed by atoms with Crippen LogP contribution in [0.4, 0.5) is 0 Å². The first-order chi connectivity index (χ1) is 10.1. The molecule has 3 rings (SSSR count). The Balaban J connectivity index is 2.01. The van der Waals surface area contributed by atoms with Crippen molar-refractivity contribution in [1.82, 2.24) is 10.2 Å². The van der Waals surface area contributed by atoms with Crippen molar-refractivity contribution in [3.63, 3.8) is 0 Å². The zero-order chi connectivity index (χ0) is 14.8. The lowest BCUT2D eigenvalue weighted by Gasteiger charge is -2.09. The van der Waals surface area contributed by atoms with E-state index in [9.17, 15) is 4.79 Å². The lowest BCUT2D eigenvalue weighted by molar-refractivity contribution is 0.0697. The average Bonchev–Trinajstić information content (AvgIpc) is 2.49. The summed E-state index contributed by atoms with van der Waals surface area (Å²) < 4.78 is 5.73. The van der Waals surface area contributed by atoms with Gasteiger partial charge in [-0.15, -0.1) is 0 Å². The fourth-order valence-electron chi connectivity index (χ4n) is 1.90. The summed E-state index contributed by atoms with van der Waals surface area (Å²) >= 11 is 6.05. The van der Waals surface area contributed by atoms with Crippen molar-refractivity contribution in [2.24, 2.45) is 0 Å². The molecule has 0 amide bonds. The van der Waals surface area contributed by atoms with Gasteiger partial charge in [-0.2, -0.15) is 10.2 Å². The van der Waals surface area contributed by atoms with Crippen LogP contribution in [0, 0.1) is 0 Å². The smallest absolute Gasteiger partial charge is 0.335 e. The van der Waals surface area contributed by atoms with Crippen molar-refractivity contribution in [3.8, 4) is 11.5 Å². The van der Waals surface area contributed by atoms with Gasteiger partial charge in [0.2, 0.25) is 0 Å². The zero-order valence-electron chi connectivity index (χ0n) is 10.7. The van der Waals surface area contributed by atoms with E-state index >= 15 is 0 Å². The number of hydrogen-bond acceptors (Lipinski definition) is 4. The number of rotatable bonds is 3. The number of fused-ring (bicyclic) bond motifs is 1. The molecule has 0 radical (unpaired) electrons. The maximum absolute atomic E-state index is 10.9. The molecule has 1 N–H and O–H groups in total. The molecule has 0 aliphatic heterocycles. The molecule has 104 valence electrons. The second-order valence-corrected chi connectivity index (χ2v) is 4.69. The molecule has 6 heteroatoms. The minimum atomic E-state index is -1.04. The van der Waals surface area contributed by atoms with Crippen LogP contribution in [0.25, 0.3) is 10.9 Å². The van der Waals surface area contributed by atoms with Gasteiger partial charge < -0.3 is 9.84 Å². The molecular weight excluding hydrogens is 292 g/mol. The first kappa shape index (κ1) is 13.3. The molecule has 1 heterocycles. The van der Waals surface area contributed by atoms with Crippen LogP contribution in [0.15, 0.2) is 48.7 Å². The highest BCUT2D eigenvalue weighted by Gasteiger charge is 2.10. The Morgan fingerprint density at radius 3 is 2.71 bits per heavy atom. The van der Waals surface area contributed by atoms with Crippen LogP contribution in [0.1, 0.15) is 10.4 Å². The van der Waals surface area contributed by atoms with E-state index in [1.807, 2.05) is 24.3 Å². The van der Waals surface area contributed by atoms with Crippen molar-refractivity contribution in [1.29, 1.82) is 0 Å². The summed E-state index contributed by atoms with van der Waals surface area (Å²) in [5.74, 6) is -0.176. The summed E-state index contributed by atoms with van der Waals surface area (Å²) in [6.07, 6.45) is 1.49. The number of hydrogen-bond donors (Lipinski definition) is 1. The lowest BCUT2D eigenvalue weighted by Crippen LogP contribution is -1.96. The fraction of sp³-hybridized carbons (Fsp3) is 0. The van der Waals surface area contributed by atoms with Crippen molar-refractivity contribution < 1.29 is 14.6 Å². The van der Waals surface area contributed by atoms with Crippen LogP contribution in [0.2, 0.25) is 5.02 Å². The van der Waals surface area contributed by atoms with Crippen molar-refractivity contribution in [2.45, 2.75) is 0 Å². The molecule has 0 atom stereocenters. The van der Waals surface area contributed by atoms with Crippen LogP contribution in [0.3, 0.4) is 0 Å². The van der Waals surface area contributed by atoms with E-state index in [0.29, 0.717) is 17.0 Å². The van der Waals surface area contributed by atoms with Crippen LogP contribution in [0.5, 0.6) is 11.5 Å². The normalized spacial score (nSPS) is 10.5. The van der Waals surface area contributed by atoms with Gasteiger partial charge in [-0.25, -0.2) is 4.79 Å². The highest BCUT2D eigenvalue weighted by molar-refractivity contribution is 6.32. The standard InChI is InChI=1S/C15H9ClN2O3/c16-11-7-9(15(19)20)5-6-13(11)21-14-8-17-18-12-4-2-1-3-10(12)14/h1-8H,(H,19,20). The molecule has 0 aliphatic carbocycles. The van der Waals surface area contributed by atoms with E-state index in [1.165, 1.54) is 24.4 Å². The molecule has 2 aromatic carbocycles. The van der Waals surface area contributed by atoms with Gasteiger partial charge in [0.25, 0.3) is 0 Å². The molecule has 0 unspecified atom stereocenters. The quantitative estimate of drug-likeness (QED) is 0.797. The molecule has 5 nitrogen and oxygen atoms in total. The highest BCUT2D eigenvalue weighted by Crippen LogP contribution is 2.33. The Labute approximate surface area is 124 Å². The van der Waals surface area contributed by atoms with E-state index in [4.69, 9.17) is 21.4 Å². The van der Waals surface area contributed by atoms with Crippen molar-refractivity contribution >= 4 is 28.5 Å². The number of carboxylic acid groups (broad SMARTS) is 1. The number of halogens is 1. The molecule has 3 aromatic rings. The fourth-order valence-corrected chi connectivity index (χ4v) is 2.12. The number of carbonyl (C=O) groups is 1. The SMILES string of the molecule is O=C(O)c1ccc(Oc2cnnc3ccccc23)c(Cl)c1. The maximum Gasteiger partial charge on any atom is 0.335 e. The Morgan fingerprint density at radius 1 is 1.14 bits per heavy atom.